The minimum atomic E-state index is -0.544. The molecule has 0 aliphatic rings. The van der Waals surface area contributed by atoms with E-state index in [1.807, 2.05) is 0 Å². The molecule has 0 atom stereocenters. The van der Waals surface area contributed by atoms with Crippen molar-refractivity contribution in [2.45, 2.75) is 6.92 Å². The molecular weight excluding hydrogens is 304 g/mol. The number of ketones is 1. The minimum Gasteiger partial charge on any atom is -0.504 e. The van der Waals surface area contributed by atoms with Crippen LogP contribution in [0.1, 0.15) is 12.5 Å². The van der Waals surface area contributed by atoms with E-state index in [2.05, 4.69) is 10.3 Å². The van der Waals surface area contributed by atoms with E-state index >= 15 is 0 Å². The number of phenols is 1. The second kappa shape index (κ2) is 6.86. The Morgan fingerprint density at radius 1 is 1.41 bits per heavy atom. The van der Waals surface area contributed by atoms with Gasteiger partial charge in [-0.05, 0) is 30.7 Å². The molecule has 1 heterocycles. The van der Waals surface area contributed by atoms with Crippen molar-refractivity contribution in [1.29, 1.82) is 0 Å². The molecular formula is C15H14N2O4S. The smallest absolute Gasteiger partial charge is 0.261 e. The topological polar surface area (TPSA) is 88.5 Å². The van der Waals surface area contributed by atoms with Crippen LogP contribution in [0.3, 0.4) is 0 Å². The number of anilines is 1. The van der Waals surface area contributed by atoms with Gasteiger partial charge >= 0.3 is 0 Å². The van der Waals surface area contributed by atoms with Gasteiger partial charge < -0.3 is 9.84 Å². The van der Waals surface area contributed by atoms with Crippen LogP contribution in [0.15, 0.2) is 35.3 Å². The van der Waals surface area contributed by atoms with Crippen LogP contribution in [0.2, 0.25) is 0 Å². The fourth-order valence-corrected chi connectivity index (χ4v) is 2.26. The van der Waals surface area contributed by atoms with Crippen molar-refractivity contribution in [2.75, 3.05) is 12.4 Å². The number of methoxy groups -OCH3 is 1. The first-order valence-electron chi connectivity index (χ1n) is 6.31. The molecule has 2 N–H and O–H groups in total. The summed E-state index contributed by atoms with van der Waals surface area (Å²) >= 11 is 1.26. The average Bonchev–Trinajstić information content (AvgIpc) is 2.97. The average molecular weight is 318 g/mol. The minimum absolute atomic E-state index is 0.0280. The van der Waals surface area contributed by atoms with Crippen molar-refractivity contribution in [3.8, 4) is 11.5 Å². The Labute approximate surface area is 131 Å². The number of aromatic hydroxyl groups is 1. The van der Waals surface area contributed by atoms with Gasteiger partial charge in [-0.25, -0.2) is 4.98 Å². The number of ether oxygens (including phenoxy) is 1. The highest BCUT2D eigenvalue weighted by molar-refractivity contribution is 7.13. The van der Waals surface area contributed by atoms with Crippen molar-refractivity contribution >= 4 is 34.2 Å². The Kier molecular flexibility index (Phi) is 4.90. The molecule has 2 aromatic rings. The molecule has 0 unspecified atom stereocenters. The fraction of sp³-hybridized carbons (Fsp3) is 0.133. The molecule has 1 amide bonds. The maximum absolute atomic E-state index is 12.1. The molecule has 6 nitrogen and oxygen atoms in total. The maximum atomic E-state index is 12.1. The molecule has 22 heavy (non-hydrogen) atoms. The second-order valence-electron chi connectivity index (χ2n) is 4.34. The van der Waals surface area contributed by atoms with Crippen LogP contribution in [0.25, 0.3) is 6.08 Å². The van der Waals surface area contributed by atoms with Crippen molar-refractivity contribution in [3.05, 3.63) is 40.9 Å². The zero-order valence-corrected chi connectivity index (χ0v) is 12.8. The molecule has 2 rings (SSSR count). The van der Waals surface area contributed by atoms with Crippen LogP contribution in [0.4, 0.5) is 5.13 Å². The van der Waals surface area contributed by atoms with Crippen LogP contribution in [-0.4, -0.2) is 28.9 Å². The van der Waals surface area contributed by atoms with Gasteiger partial charge in [0.25, 0.3) is 5.91 Å². The largest absolute Gasteiger partial charge is 0.504 e. The van der Waals surface area contributed by atoms with E-state index < -0.39 is 5.91 Å². The van der Waals surface area contributed by atoms with Crippen molar-refractivity contribution < 1.29 is 19.4 Å². The summed E-state index contributed by atoms with van der Waals surface area (Å²) in [6.07, 6.45) is 2.96. The third kappa shape index (κ3) is 3.70. The summed E-state index contributed by atoms with van der Waals surface area (Å²) in [5.41, 5.74) is 0.484. The van der Waals surface area contributed by atoms with Gasteiger partial charge in [-0.2, -0.15) is 0 Å². The van der Waals surface area contributed by atoms with Crippen LogP contribution >= 0.6 is 11.3 Å². The molecule has 0 radical (unpaired) electrons. The van der Waals surface area contributed by atoms with E-state index in [1.165, 1.54) is 37.5 Å². The van der Waals surface area contributed by atoms with Crippen LogP contribution in [0, 0.1) is 0 Å². The number of hydrogen-bond donors (Lipinski definition) is 2. The Morgan fingerprint density at radius 3 is 2.73 bits per heavy atom. The van der Waals surface area contributed by atoms with Gasteiger partial charge in [0.15, 0.2) is 22.4 Å². The monoisotopic (exact) mass is 318 g/mol. The number of phenolic OH excluding ortho intramolecular Hbond substituents is 1. The number of amides is 1. The van der Waals surface area contributed by atoms with Crippen LogP contribution < -0.4 is 10.1 Å². The predicted octanol–water partition coefficient (Wildman–Crippen LogP) is 2.47. The summed E-state index contributed by atoms with van der Waals surface area (Å²) in [5, 5.41) is 14.4. The third-order valence-corrected chi connectivity index (χ3v) is 3.48. The maximum Gasteiger partial charge on any atom is 0.261 e. The van der Waals surface area contributed by atoms with E-state index in [1.54, 1.807) is 23.7 Å². The van der Waals surface area contributed by atoms with E-state index in [0.717, 1.165) is 0 Å². The van der Waals surface area contributed by atoms with Gasteiger partial charge in [0.2, 0.25) is 0 Å². The van der Waals surface area contributed by atoms with Crippen molar-refractivity contribution in [2.24, 2.45) is 0 Å². The fourth-order valence-electron chi connectivity index (χ4n) is 1.74. The zero-order chi connectivity index (χ0) is 16.1. The number of carbonyl (C=O) groups excluding carboxylic acids is 2. The van der Waals surface area contributed by atoms with Gasteiger partial charge in [-0.1, -0.05) is 6.07 Å². The number of Topliss-reactive ketones (excluding diaryl/α,β-unsaturated/α-hetero) is 1. The van der Waals surface area contributed by atoms with Crippen molar-refractivity contribution in [3.63, 3.8) is 0 Å². The highest BCUT2D eigenvalue weighted by Crippen LogP contribution is 2.27. The van der Waals surface area contributed by atoms with Crippen LogP contribution in [0.5, 0.6) is 11.5 Å². The molecule has 0 fully saturated rings. The van der Waals surface area contributed by atoms with Crippen molar-refractivity contribution in [1.82, 2.24) is 4.98 Å². The molecule has 0 saturated carbocycles. The number of rotatable bonds is 5. The summed E-state index contributed by atoms with van der Waals surface area (Å²) < 4.78 is 4.95. The summed E-state index contributed by atoms with van der Waals surface area (Å²) in [4.78, 5) is 27.8. The third-order valence-electron chi connectivity index (χ3n) is 2.79. The van der Waals surface area contributed by atoms with E-state index in [0.29, 0.717) is 16.4 Å². The number of aromatic nitrogens is 1. The number of nitrogens with zero attached hydrogens (tertiary/aromatic N) is 1. The van der Waals surface area contributed by atoms with E-state index in [-0.39, 0.29) is 17.1 Å². The molecule has 0 bridgehead atoms. The number of benzene rings is 1. The first-order valence-corrected chi connectivity index (χ1v) is 7.19. The molecule has 7 heteroatoms. The number of nitrogens with one attached hydrogen (secondary N) is 1. The summed E-state index contributed by atoms with van der Waals surface area (Å²) in [7, 11) is 1.44. The lowest BCUT2D eigenvalue weighted by molar-refractivity contribution is -0.118. The Bertz CT molecular complexity index is 723. The molecule has 114 valence electrons. The molecule has 0 saturated heterocycles. The van der Waals surface area contributed by atoms with E-state index in [9.17, 15) is 14.7 Å². The molecule has 0 spiro atoms. The Balaban J connectivity index is 2.28. The van der Waals surface area contributed by atoms with E-state index in [4.69, 9.17) is 4.74 Å². The number of carbonyl (C=O) groups is 2. The number of thiazole rings is 1. The lowest BCUT2D eigenvalue weighted by atomic mass is 10.1. The van der Waals surface area contributed by atoms with Gasteiger partial charge in [-0.3, -0.25) is 14.9 Å². The number of hydrogen-bond acceptors (Lipinski definition) is 6. The van der Waals surface area contributed by atoms with Gasteiger partial charge in [-0.15, -0.1) is 11.3 Å². The lowest BCUT2D eigenvalue weighted by Gasteiger charge is -2.06. The van der Waals surface area contributed by atoms with Crippen LogP contribution in [-0.2, 0) is 9.59 Å². The first kappa shape index (κ1) is 15.7. The summed E-state index contributed by atoms with van der Waals surface area (Å²) in [6, 6.07) is 4.61. The Hall–Kier alpha value is -2.67. The Morgan fingerprint density at radius 2 is 2.18 bits per heavy atom. The molecule has 0 aliphatic heterocycles. The normalized spacial score (nSPS) is 11.1. The second-order valence-corrected chi connectivity index (χ2v) is 5.23. The van der Waals surface area contributed by atoms with Gasteiger partial charge in [0, 0.05) is 11.6 Å². The molecule has 1 aromatic heterocycles. The highest BCUT2D eigenvalue weighted by atomic mass is 32.1. The lowest BCUT2D eigenvalue weighted by Crippen LogP contribution is -2.18. The predicted molar refractivity (Wildman–Crippen MR) is 84.1 cm³/mol. The molecule has 0 aliphatic carbocycles. The quantitative estimate of drug-likeness (QED) is 0.502. The SMILES string of the molecule is COc1ccc(/C=C(\C(C)=O)C(=O)Nc2nccs2)cc1O. The van der Waals surface area contributed by atoms with Gasteiger partial charge in [0.1, 0.15) is 0 Å². The molecule has 1 aromatic carbocycles. The first-order chi connectivity index (χ1) is 10.5. The standard InChI is InChI=1S/C15H14N2O4S/c1-9(18)11(14(20)17-15-16-5-6-22-15)7-10-3-4-13(21-2)12(19)8-10/h3-8,19H,1-2H3,(H,16,17,20)/b11-7+. The van der Waals surface area contributed by atoms with Gasteiger partial charge in [0.05, 0.1) is 12.7 Å². The highest BCUT2D eigenvalue weighted by Gasteiger charge is 2.16. The zero-order valence-electron chi connectivity index (χ0n) is 12.0. The summed E-state index contributed by atoms with van der Waals surface area (Å²) in [6.45, 7) is 1.30. The summed E-state index contributed by atoms with van der Waals surface area (Å²) in [5.74, 6) is -0.685.